The predicted octanol–water partition coefficient (Wildman–Crippen LogP) is 3.22. The molecule has 0 radical (unpaired) electrons. The van der Waals surface area contributed by atoms with Gasteiger partial charge in [-0.3, -0.25) is 4.90 Å². The van der Waals surface area contributed by atoms with E-state index in [1.807, 2.05) is 4.90 Å². The fraction of sp³-hybridized carbons (Fsp3) is 0.571. The minimum Gasteiger partial charge on any atom is -0.394 e. The van der Waals surface area contributed by atoms with Crippen molar-refractivity contribution in [2.45, 2.75) is 31.5 Å². The number of hydrogen-bond acceptors (Lipinski definition) is 2. The molecule has 1 N–H and O–H groups in total. The zero-order chi connectivity index (χ0) is 13.9. The van der Waals surface area contributed by atoms with Gasteiger partial charge in [-0.15, -0.1) is 0 Å². The third kappa shape index (κ3) is 3.28. The Hall–Kier alpha value is -1.07. The normalized spacial score (nSPS) is 19.4. The monoisotopic (exact) mass is 273 g/mol. The number of hydrogen-bond donors (Lipinski definition) is 1. The first-order chi connectivity index (χ1) is 9.04. The van der Waals surface area contributed by atoms with Crippen LogP contribution in [-0.4, -0.2) is 29.7 Å². The van der Waals surface area contributed by atoms with Crippen LogP contribution in [0.15, 0.2) is 24.3 Å². The highest BCUT2D eigenvalue weighted by Gasteiger charge is 2.36. The van der Waals surface area contributed by atoms with Crippen molar-refractivity contribution in [3.8, 4) is 0 Å². The number of aliphatic hydroxyl groups excluding tert-OH is 1. The van der Waals surface area contributed by atoms with Crippen LogP contribution in [0.25, 0.3) is 0 Å². The van der Waals surface area contributed by atoms with E-state index in [1.54, 1.807) is 6.07 Å². The zero-order valence-electron chi connectivity index (χ0n) is 10.7. The highest BCUT2D eigenvalue weighted by molar-refractivity contribution is 5.32. The SMILES string of the molecule is OC[C@@H](c1ccccc1C(F)(F)F)N1CCCCC1. The summed E-state index contributed by atoms with van der Waals surface area (Å²) in [7, 11) is 0. The van der Waals surface area contributed by atoms with E-state index in [-0.39, 0.29) is 12.2 Å². The zero-order valence-corrected chi connectivity index (χ0v) is 10.7. The van der Waals surface area contributed by atoms with Gasteiger partial charge in [-0.1, -0.05) is 24.6 Å². The topological polar surface area (TPSA) is 23.5 Å². The Labute approximate surface area is 110 Å². The molecule has 1 heterocycles. The summed E-state index contributed by atoms with van der Waals surface area (Å²) in [5.74, 6) is 0. The molecule has 1 aliphatic heterocycles. The van der Waals surface area contributed by atoms with Gasteiger partial charge in [0.15, 0.2) is 0 Å². The molecule has 1 aromatic rings. The van der Waals surface area contributed by atoms with Crippen molar-refractivity contribution < 1.29 is 18.3 Å². The first-order valence-electron chi connectivity index (χ1n) is 6.55. The summed E-state index contributed by atoms with van der Waals surface area (Å²) >= 11 is 0. The van der Waals surface area contributed by atoms with Crippen molar-refractivity contribution in [3.05, 3.63) is 35.4 Å². The molecule has 2 rings (SSSR count). The number of likely N-dealkylation sites (tertiary alicyclic amines) is 1. The lowest BCUT2D eigenvalue weighted by Crippen LogP contribution is -2.36. The third-order valence-corrected chi connectivity index (χ3v) is 3.63. The molecular formula is C14H18F3NO. The van der Waals surface area contributed by atoms with Crippen LogP contribution >= 0.6 is 0 Å². The van der Waals surface area contributed by atoms with Gasteiger partial charge in [0.1, 0.15) is 0 Å². The third-order valence-electron chi connectivity index (χ3n) is 3.63. The Morgan fingerprint density at radius 2 is 1.74 bits per heavy atom. The van der Waals surface area contributed by atoms with Gasteiger partial charge in [0, 0.05) is 0 Å². The van der Waals surface area contributed by atoms with E-state index in [0.717, 1.165) is 38.4 Å². The summed E-state index contributed by atoms with van der Waals surface area (Å²) in [5.41, 5.74) is -0.459. The van der Waals surface area contributed by atoms with Crippen LogP contribution in [-0.2, 0) is 6.18 Å². The first kappa shape index (κ1) is 14.3. The second-order valence-electron chi connectivity index (χ2n) is 4.88. The van der Waals surface area contributed by atoms with Crippen molar-refractivity contribution in [3.63, 3.8) is 0 Å². The largest absolute Gasteiger partial charge is 0.416 e. The average molecular weight is 273 g/mol. The molecule has 19 heavy (non-hydrogen) atoms. The first-order valence-corrected chi connectivity index (χ1v) is 6.55. The van der Waals surface area contributed by atoms with Gasteiger partial charge in [0.25, 0.3) is 0 Å². The minimum atomic E-state index is -4.38. The standard InChI is InChI=1S/C14H18F3NO/c15-14(16,17)12-7-3-2-6-11(12)13(10-19)18-8-4-1-5-9-18/h2-3,6-7,13,19H,1,4-5,8-10H2/t13-/m0/s1. The second kappa shape index (κ2) is 5.92. The fourth-order valence-corrected chi connectivity index (χ4v) is 2.69. The molecule has 0 unspecified atom stereocenters. The van der Waals surface area contributed by atoms with E-state index in [9.17, 15) is 18.3 Å². The van der Waals surface area contributed by atoms with E-state index in [1.165, 1.54) is 12.1 Å². The van der Waals surface area contributed by atoms with Gasteiger partial charge in [0.05, 0.1) is 18.2 Å². The smallest absolute Gasteiger partial charge is 0.394 e. The second-order valence-corrected chi connectivity index (χ2v) is 4.88. The fourth-order valence-electron chi connectivity index (χ4n) is 2.69. The van der Waals surface area contributed by atoms with Crippen LogP contribution < -0.4 is 0 Å². The van der Waals surface area contributed by atoms with E-state index in [2.05, 4.69) is 0 Å². The predicted molar refractivity (Wildman–Crippen MR) is 66.7 cm³/mol. The van der Waals surface area contributed by atoms with Gasteiger partial charge in [-0.25, -0.2) is 0 Å². The summed E-state index contributed by atoms with van der Waals surface area (Å²) in [6.45, 7) is 1.21. The van der Waals surface area contributed by atoms with Crippen LogP contribution in [0.2, 0.25) is 0 Å². The molecule has 106 valence electrons. The molecule has 1 fully saturated rings. The van der Waals surface area contributed by atoms with Gasteiger partial charge < -0.3 is 5.11 Å². The molecule has 0 amide bonds. The molecular weight excluding hydrogens is 255 g/mol. The Balaban J connectivity index is 2.32. The number of benzene rings is 1. The summed E-state index contributed by atoms with van der Waals surface area (Å²) < 4.78 is 39.0. The summed E-state index contributed by atoms with van der Waals surface area (Å²) in [6, 6.07) is 4.98. The maximum absolute atomic E-state index is 13.0. The molecule has 5 heteroatoms. The number of rotatable bonds is 3. The molecule has 1 atom stereocenters. The van der Waals surface area contributed by atoms with Crippen molar-refractivity contribution in [1.29, 1.82) is 0 Å². The number of alkyl halides is 3. The summed E-state index contributed by atoms with van der Waals surface area (Å²) in [5, 5.41) is 9.51. The number of nitrogens with zero attached hydrogens (tertiary/aromatic N) is 1. The van der Waals surface area contributed by atoms with E-state index in [4.69, 9.17) is 0 Å². The van der Waals surface area contributed by atoms with Crippen LogP contribution in [0, 0.1) is 0 Å². The van der Waals surface area contributed by atoms with E-state index in [0.29, 0.717) is 0 Å². The average Bonchev–Trinajstić information content (AvgIpc) is 2.40. The molecule has 0 bridgehead atoms. The molecule has 1 aromatic carbocycles. The molecule has 1 saturated heterocycles. The number of piperidine rings is 1. The van der Waals surface area contributed by atoms with Gasteiger partial charge in [0.2, 0.25) is 0 Å². The lowest BCUT2D eigenvalue weighted by molar-refractivity contribution is -0.139. The molecule has 0 spiro atoms. The van der Waals surface area contributed by atoms with Crippen molar-refractivity contribution >= 4 is 0 Å². The lowest BCUT2D eigenvalue weighted by atomic mass is 9.97. The molecule has 2 nitrogen and oxygen atoms in total. The maximum atomic E-state index is 13.0. The maximum Gasteiger partial charge on any atom is 0.416 e. The Morgan fingerprint density at radius 1 is 1.11 bits per heavy atom. The van der Waals surface area contributed by atoms with Gasteiger partial charge in [-0.05, 0) is 37.6 Å². The van der Waals surface area contributed by atoms with Crippen LogP contribution in [0.1, 0.15) is 36.4 Å². The molecule has 0 saturated carbocycles. The van der Waals surface area contributed by atoms with E-state index >= 15 is 0 Å². The molecule has 0 aliphatic carbocycles. The Kier molecular flexibility index (Phi) is 4.47. The van der Waals surface area contributed by atoms with Crippen LogP contribution in [0.5, 0.6) is 0 Å². The number of aliphatic hydroxyl groups is 1. The number of halogens is 3. The van der Waals surface area contributed by atoms with E-state index < -0.39 is 17.8 Å². The van der Waals surface area contributed by atoms with Crippen LogP contribution in [0.4, 0.5) is 13.2 Å². The van der Waals surface area contributed by atoms with Gasteiger partial charge >= 0.3 is 6.18 Å². The van der Waals surface area contributed by atoms with Crippen molar-refractivity contribution in [2.75, 3.05) is 19.7 Å². The van der Waals surface area contributed by atoms with Crippen molar-refractivity contribution in [2.24, 2.45) is 0 Å². The minimum absolute atomic E-state index is 0.180. The lowest BCUT2D eigenvalue weighted by Gasteiger charge is -2.34. The quantitative estimate of drug-likeness (QED) is 0.914. The molecule has 1 aliphatic rings. The Bertz CT molecular complexity index is 413. The highest BCUT2D eigenvalue weighted by Crippen LogP contribution is 2.36. The highest BCUT2D eigenvalue weighted by atomic mass is 19.4. The Morgan fingerprint density at radius 3 is 2.32 bits per heavy atom. The van der Waals surface area contributed by atoms with Gasteiger partial charge in [-0.2, -0.15) is 13.2 Å². The van der Waals surface area contributed by atoms with Crippen molar-refractivity contribution in [1.82, 2.24) is 4.90 Å². The summed E-state index contributed by atoms with van der Waals surface area (Å²) in [4.78, 5) is 1.95. The van der Waals surface area contributed by atoms with Crippen LogP contribution in [0.3, 0.4) is 0 Å². The molecule has 0 aromatic heterocycles. The summed E-state index contributed by atoms with van der Waals surface area (Å²) in [6.07, 6.45) is -1.31.